The average Bonchev–Trinajstić information content (AvgIpc) is 2.74. The molecule has 106 valence electrons. The second-order valence-electron chi connectivity index (χ2n) is 3.92. The van der Waals surface area contributed by atoms with E-state index >= 15 is 0 Å². The number of hydrogen-bond acceptors (Lipinski definition) is 3. The maximum Gasteiger partial charge on any atom is 0.435 e. The standard InChI is InChI=1S/C10H12F3N3O3/c1-6(9(18)19)15(2)8(17)5-16-4-3-7(14-16)10(11,12)13/h3-4,6H,5H2,1-2H3,(H,18,19). The van der Waals surface area contributed by atoms with Crippen molar-refractivity contribution >= 4 is 11.9 Å². The molecule has 9 heteroatoms. The van der Waals surface area contributed by atoms with Gasteiger partial charge in [-0.15, -0.1) is 0 Å². The molecular weight excluding hydrogens is 267 g/mol. The van der Waals surface area contributed by atoms with Crippen LogP contribution in [0.1, 0.15) is 12.6 Å². The van der Waals surface area contributed by atoms with Gasteiger partial charge in [-0.3, -0.25) is 9.48 Å². The first-order chi connectivity index (χ1) is 8.62. The van der Waals surface area contributed by atoms with Gasteiger partial charge in [0.2, 0.25) is 5.91 Å². The molecule has 0 radical (unpaired) electrons. The third kappa shape index (κ3) is 3.70. The monoisotopic (exact) mass is 279 g/mol. The number of halogens is 3. The lowest BCUT2D eigenvalue weighted by atomic mass is 10.3. The van der Waals surface area contributed by atoms with Gasteiger partial charge in [0.1, 0.15) is 12.6 Å². The number of amides is 1. The molecule has 0 aliphatic heterocycles. The molecule has 19 heavy (non-hydrogen) atoms. The summed E-state index contributed by atoms with van der Waals surface area (Å²) in [4.78, 5) is 23.2. The Kier molecular flexibility index (Phi) is 4.17. The third-order valence-electron chi connectivity index (χ3n) is 2.56. The number of rotatable bonds is 4. The lowest BCUT2D eigenvalue weighted by Gasteiger charge is -2.21. The van der Waals surface area contributed by atoms with E-state index in [0.29, 0.717) is 0 Å². The molecule has 0 aliphatic rings. The quantitative estimate of drug-likeness (QED) is 0.886. The first kappa shape index (κ1) is 15.0. The van der Waals surface area contributed by atoms with Crippen LogP contribution in [-0.4, -0.2) is 44.8 Å². The number of alkyl halides is 3. The van der Waals surface area contributed by atoms with Crippen molar-refractivity contribution in [3.8, 4) is 0 Å². The van der Waals surface area contributed by atoms with Gasteiger partial charge in [-0.1, -0.05) is 0 Å². The zero-order chi connectivity index (χ0) is 14.8. The van der Waals surface area contributed by atoms with E-state index in [2.05, 4.69) is 5.10 Å². The minimum Gasteiger partial charge on any atom is -0.480 e. The molecule has 0 saturated heterocycles. The highest BCUT2D eigenvalue weighted by atomic mass is 19.4. The second kappa shape index (κ2) is 5.29. The largest absolute Gasteiger partial charge is 0.480 e. The molecule has 6 nitrogen and oxygen atoms in total. The fourth-order valence-corrected chi connectivity index (χ4v) is 1.23. The van der Waals surface area contributed by atoms with Crippen molar-refractivity contribution in [3.63, 3.8) is 0 Å². The Morgan fingerprint density at radius 1 is 1.53 bits per heavy atom. The molecular formula is C10H12F3N3O3. The number of carbonyl (C=O) groups is 2. The highest BCUT2D eigenvalue weighted by Crippen LogP contribution is 2.27. The number of carbonyl (C=O) groups excluding carboxylic acids is 1. The number of aliphatic carboxylic acids is 1. The molecule has 1 unspecified atom stereocenters. The van der Waals surface area contributed by atoms with Gasteiger partial charge in [0.25, 0.3) is 0 Å². The van der Waals surface area contributed by atoms with Gasteiger partial charge < -0.3 is 10.0 Å². The van der Waals surface area contributed by atoms with Gasteiger partial charge in [-0.05, 0) is 13.0 Å². The molecule has 1 rings (SSSR count). The van der Waals surface area contributed by atoms with Crippen molar-refractivity contribution in [2.75, 3.05) is 7.05 Å². The molecule has 1 N–H and O–H groups in total. The summed E-state index contributed by atoms with van der Waals surface area (Å²) in [6.07, 6.45) is -3.56. The second-order valence-corrected chi connectivity index (χ2v) is 3.92. The Labute approximate surface area is 106 Å². The van der Waals surface area contributed by atoms with Crippen molar-refractivity contribution in [3.05, 3.63) is 18.0 Å². The van der Waals surface area contributed by atoms with Crippen LogP contribution in [0.4, 0.5) is 13.2 Å². The summed E-state index contributed by atoms with van der Waals surface area (Å²) < 4.78 is 37.7. The summed E-state index contributed by atoms with van der Waals surface area (Å²) in [5.74, 6) is -1.85. The van der Waals surface area contributed by atoms with Crippen molar-refractivity contribution in [2.45, 2.75) is 25.7 Å². The molecule has 1 atom stereocenters. The van der Waals surface area contributed by atoms with Gasteiger partial charge in [0.05, 0.1) is 0 Å². The van der Waals surface area contributed by atoms with Crippen molar-refractivity contribution in [1.82, 2.24) is 14.7 Å². The van der Waals surface area contributed by atoms with Crippen LogP contribution in [0.2, 0.25) is 0 Å². The SMILES string of the molecule is CC(C(=O)O)N(C)C(=O)Cn1ccc(C(F)(F)F)n1. The molecule has 0 aromatic carbocycles. The van der Waals surface area contributed by atoms with Crippen LogP contribution in [0.5, 0.6) is 0 Å². The van der Waals surface area contributed by atoms with E-state index in [-0.39, 0.29) is 0 Å². The lowest BCUT2D eigenvalue weighted by molar-refractivity contribution is -0.148. The van der Waals surface area contributed by atoms with E-state index in [0.717, 1.165) is 21.8 Å². The summed E-state index contributed by atoms with van der Waals surface area (Å²) in [5.41, 5.74) is -1.10. The van der Waals surface area contributed by atoms with Crippen LogP contribution in [0.15, 0.2) is 12.3 Å². The summed E-state index contributed by atoms with van der Waals surface area (Å²) >= 11 is 0. The minimum absolute atomic E-state index is 0.454. The Morgan fingerprint density at radius 2 is 2.11 bits per heavy atom. The van der Waals surface area contributed by atoms with E-state index in [4.69, 9.17) is 5.11 Å². The predicted molar refractivity (Wildman–Crippen MR) is 57.1 cm³/mol. The zero-order valence-corrected chi connectivity index (χ0v) is 10.2. The summed E-state index contributed by atoms with van der Waals surface area (Å²) in [6.45, 7) is 0.842. The Bertz CT molecular complexity index is 484. The molecule has 0 aliphatic carbocycles. The summed E-state index contributed by atoms with van der Waals surface area (Å²) in [7, 11) is 1.26. The summed E-state index contributed by atoms with van der Waals surface area (Å²) in [5, 5.41) is 11.9. The smallest absolute Gasteiger partial charge is 0.435 e. The molecule has 1 aromatic heterocycles. The van der Waals surface area contributed by atoms with E-state index in [1.165, 1.54) is 14.0 Å². The number of carboxylic acids is 1. The fraction of sp³-hybridized carbons (Fsp3) is 0.500. The fourth-order valence-electron chi connectivity index (χ4n) is 1.23. The van der Waals surface area contributed by atoms with Gasteiger partial charge in [-0.2, -0.15) is 18.3 Å². The topological polar surface area (TPSA) is 75.4 Å². The minimum atomic E-state index is -4.57. The maximum absolute atomic E-state index is 12.3. The zero-order valence-electron chi connectivity index (χ0n) is 10.2. The average molecular weight is 279 g/mol. The molecule has 0 saturated carbocycles. The van der Waals surface area contributed by atoms with Crippen LogP contribution in [0.25, 0.3) is 0 Å². The van der Waals surface area contributed by atoms with Crippen LogP contribution in [-0.2, 0) is 22.3 Å². The number of likely N-dealkylation sites (N-methyl/N-ethyl adjacent to an activating group) is 1. The number of hydrogen-bond donors (Lipinski definition) is 1. The van der Waals surface area contributed by atoms with Gasteiger partial charge >= 0.3 is 12.1 Å². The molecule has 0 spiro atoms. The Balaban J connectivity index is 2.72. The van der Waals surface area contributed by atoms with Crippen molar-refractivity contribution in [1.29, 1.82) is 0 Å². The van der Waals surface area contributed by atoms with Crippen LogP contribution in [0.3, 0.4) is 0 Å². The van der Waals surface area contributed by atoms with E-state index in [1.54, 1.807) is 0 Å². The van der Waals surface area contributed by atoms with Crippen LogP contribution in [0, 0.1) is 0 Å². The Hall–Kier alpha value is -2.06. The van der Waals surface area contributed by atoms with Crippen LogP contribution >= 0.6 is 0 Å². The van der Waals surface area contributed by atoms with Gasteiger partial charge in [0, 0.05) is 13.2 Å². The van der Waals surface area contributed by atoms with E-state index in [1.807, 2.05) is 0 Å². The van der Waals surface area contributed by atoms with Gasteiger partial charge in [0.15, 0.2) is 5.69 Å². The molecule has 1 amide bonds. The normalized spacial score (nSPS) is 13.1. The van der Waals surface area contributed by atoms with Crippen LogP contribution < -0.4 is 0 Å². The molecule has 0 bridgehead atoms. The lowest BCUT2D eigenvalue weighted by Crippen LogP contribution is -2.41. The number of aromatic nitrogens is 2. The van der Waals surface area contributed by atoms with Crippen molar-refractivity contribution < 1.29 is 27.9 Å². The van der Waals surface area contributed by atoms with E-state index in [9.17, 15) is 22.8 Å². The van der Waals surface area contributed by atoms with Crippen molar-refractivity contribution in [2.24, 2.45) is 0 Å². The highest BCUT2D eigenvalue weighted by Gasteiger charge is 2.33. The molecule has 1 aromatic rings. The first-order valence-corrected chi connectivity index (χ1v) is 5.22. The highest BCUT2D eigenvalue weighted by molar-refractivity contribution is 5.82. The van der Waals surface area contributed by atoms with Gasteiger partial charge in [-0.25, -0.2) is 4.79 Å². The predicted octanol–water partition coefficient (Wildman–Crippen LogP) is 0.833. The number of nitrogens with zero attached hydrogens (tertiary/aromatic N) is 3. The first-order valence-electron chi connectivity index (χ1n) is 5.22. The maximum atomic E-state index is 12.3. The summed E-state index contributed by atoms with van der Waals surface area (Å²) in [6, 6.07) is -0.321. The van der Waals surface area contributed by atoms with E-state index < -0.39 is 36.3 Å². The number of carboxylic acid groups (broad SMARTS) is 1. The molecule has 0 fully saturated rings. The Morgan fingerprint density at radius 3 is 2.53 bits per heavy atom. The molecule has 1 heterocycles. The third-order valence-corrected chi connectivity index (χ3v) is 2.56.